The van der Waals surface area contributed by atoms with Gasteiger partial charge in [0, 0.05) is 0 Å². The molecule has 2 atom stereocenters. The number of aliphatic hydroxyl groups excluding tert-OH is 3. The maximum absolute atomic E-state index is 8.69. The largest absolute Gasteiger partial charge is 0.394 e. The van der Waals surface area contributed by atoms with Gasteiger partial charge in [0.1, 0.15) is 6.10 Å². The average Bonchev–Trinajstić information content (AvgIpc) is 1.87. The molecule has 0 aliphatic carbocycles. The van der Waals surface area contributed by atoms with E-state index in [2.05, 4.69) is 6.92 Å². The Morgan fingerprint density at radius 1 is 1.30 bits per heavy atom. The van der Waals surface area contributed by atoms with Gasteiger partial charge in [0.05, 0.1) is 25.9 Å². The van der Waals surface area contributed by atoms with Crippen molar-refractivity contribution in [2.24, 2.45) is 0 Å². The molecule has 0 aromatic rings. The highest BCUT2D eigenvalue weighted by atomic mass is 16.5. The molecule has 0 saturated heterocycles. The van der Waals surface area contributed by atoms with Gasteiger partial charge in [0.15, 0.2) is 0 Å². The third-order valence-corrected chi connectivity index (χ3v) is 0.831. The molecule has 0 amide bonds. The third-order valence-electron chi connectivity index (χ3n) is 0.831. The van der Waals surface area contributed by atoms with Crippen molar-refractivity contribution >= 4 is 0 Å². The number of aliphatic hydroxyl groups is 3. The molecular weight excluding hydrogens is 136 g/mol. The van der Waals surface area contributed by atoms with Gasteiger partial charge in [-0.3, -0.25) is 0 Å². The maximum Gasteiger partial charge on any atom is 0.100 e. The molecule has 0 aliphatic heterocycles. The molecule has 0 bridgehead atoms. The van der Waals surface area contributed by atoms with Crippen LogP contribution in [0.3, 0.4) is 0 Å². The van der Waals surface area contributed by atoms with Crippen LogP contribution >= 0.6 is 0 Å². The van der Waals surface area contributed by atoms with Crippen LogP contribution in [0, 0.1) is 6.92 Å². The Kier molecular flexibility index (Phi) is 5.52. The first-order valence-corrected chi connectivity index (χ1v) is 3.04. The van der Waals surface area contributed by atoms with Crippen LogP contribution in [0.4, 0.5) is 0 Å². The van der Waals surface area contributed by atoms with Crippen LogP contribution in [0.1, 0.15) is 0 Å². The van der Waals surface area contributed by atoms with Crippen molar-refractivity contribution in [3.05, 3.63) is 6.92 Å². The zero-order valence-electron chi connectivity index (χ0n) is 5.73. The Morgan fingerprint density at radius 2 is 1.90 bits per heavy atom. The molecule has 0 spiro atoms. The van der Waals surface area contributed by atoms with Crippen molar-refractivity contribution in [2.45, 2.75) is 12.2 Å². The predicted octanol–water partition coefficient (Wildman–Crippen LogP) is -1.45. The van der Waals surface area contributed by atoms with Crippen molar-refractivity contribution in [2.75, 3.05) is 19.8 Å². The Labute approximate surface area is 60.1 Å². The molecule has 0 heterocycles. The van der Waals surface area contributed by atoms with Crippen LogP contribution in [-0.2, 0) is 4.74 Å². The summed E-state index contributed by atoms with van der Waals surface area (Å²) >= 11 is 0. The topological polar surface area (TPSA) is 69.9 Å². The first-order chi connectivity index (χ1) is 4.66. The number of ether oxygens (including phenoxy) is 1. The van der Waals surface area contributed by atoms with E-state index in [1.54, 1.807) is 0 Å². The standard InChI is InChI=1S/C6H13O4/c1-5(8)3-10-4-6(9)2-7/h5-9H,1-4H2. The lowest BCUT2D eigenvalue weighted by molar-refractivity contribution is -0.0154. The van der Waals surface area contributed by atoms with E-state index in [1.807, 2.05) is 0 Å². The van der Waals surface area contributed by atoms with Gasteiger partial charge in [-0.1, -0.05) is 0 Å². The Bertz CT molecular complexity index is 74.1. The number of hydrogen-bond donors (Lipinski definition) is 3. The van der Waals surface area contributed by atoms with E-state index in [0.717, 1.165) is 0 Å². The normalized spacial score (nSPS) is 16.8. The SMILES string of the molecule is [CH2]C(O)COCC(O)CO. The summed E-state index contributed by atoms with van der Waals surface area (Å²) in [6.45, 7) is 3.03. The molecule has 61 valence electrons. The Morgan fingerprint density at radius 3 is 2.30 bits per heavy atom. The highest BCUT2D eigenvalue weighted by molar-refractivity contribution is 4.55. The molecule has 3 N–H and O–H groups in total. The van der Waals surface area contributed by atoms with Crippen molar-refractivity contribution in [3.8, 4) is 0 Å². The van der Waals surface area contributed by atoms with Gasteiger partial charge in [-0.15, -0.1) is 0 Å². The van der Waals surface area contributed by atoms with E-state index in [9.17, 15) is 0 Å². The fourth-order valence-corrected chi connectivity index (χ4v) is 0.393. The molecule has 4 nitrogen and oxygen atoms in total. The summed E-state index contributed by atoms with van der Waals surface area (Å²) in [6, 6.07) is 0. The van der Waals surface area contributed by atoms with Gasteiger partial charge in [0.2, 0.25) is 0 Å². The number of hydrogen-bond acceptors (Lipinski definition) is 4. The number of rotatable bonds is 5. The van der Waals surface area contributed by atoms with Crippen molar-refractivity contribution in [3.63, 3.8) is 0 Å². The van der Waals surface area contributed by atoms with Gasteiger partial charge in [-0.05, 0) is 6.92 Å². The molecule has 4 heteroatoms. The van der Waals surface area contributed by atoms with E-state index in [0.29, 0.717) is 0 Å². The van der Waals surface area contributed by atoms with E-state index in [4.69, 9.17) is 20.1 Å². The molecule has 10 heavy (non-hydrogen) atoms. The summed E-state index contributed by atoms with van der Waals surface area (Å²) in [5.41, 5.74) is 0. The first-order valence-electron chi connectivity index (χ1n) is 3.04. The maximum atomic E-state index is 8.69. The minimum absolute atomic E-state index is 0.0308. The lowest BCUT2D eigenvalue weighted by Gasteiger charge is -2.08. The van der Waals surface area contributed by atoms with Gasteiger partial charge < -0.3 is 20.1 Å². The minimum Gasteiger partial charge on any atom is -0.394 e. The van der Waals surface area contributed by atoms with Crippen LogP contribution in [0.25, 0.3) is 0 Å². The highest BCUT2D eigenvalue weighted by Gasteiger charge is 2.02. The molecular formula is C6H13O4. The van der Waals surface area contributed by atoms with Crippen LogP contribution in [0.5, 0.6) is 0 Å². The van der Waals surface area contributed by atoms with E-state index in [1.165, 1.54) is 0 Å². The lowest BCUT2D eigenvalue weighted by Crippen LogP contribution is -2.22. The monoisotopic (exact) mass is 149 g/mol. The van der Waals surface area contributed by atoms with Crippen molar-refractivity contribution in [1.82, 2.24) is 0 Å². The summed E-state index contributed by atoms with van der Waals surface area (Å²) in [4.78, 5) is 0. The van der Waals surface area contributed by atoms with Crippen LogP contribution < -0.4 is 0 Å². The molecule has 0 aromatic heterocycles. The average molecular weight is 149 g/mol. The molecule has 1 radical (unpaired) electrons. The van der Waals surface area contributed by atoms with E-state index < -0.39 is 12.2 Å². The van der Waals surface area contributed by atoms with Gasteiger partial charge in [0.25, 0.3) is 0 Å². The zero-order valence-corrected chi connectivity index (χ0v) is 5.73. The van der Waals surface area contributed by atoms with Crippen LogP contribution in [-0.4, -0.2) is 47.3 Å². The smallest absolute Gasteiger partial charge is 0.100 e. The van der Waals surface area contributed by atoms with E-state index in [-0.39, 0.29) is 19.8 Å². The fourth-order valence-electron chi connectivity index (χ4n) is 0.393. The minimum atomic E-state index is -0.862. The summed E-state index contributed by atoms with van der Waals surface area (Å²) in [6.07, 6.45) is -1.63. The summed E-state index contributed by atoms with van der Waals surface area (Å²) in [5, 5.41) is 25.5. The first kappa shape index (κ1) is 9.84. The predicted molar refractivity (Wildman–Crippen MR) is 35.3 cm³/mol. The molecule has 2 unspecified atom stereocenters. The third kappa shape index (κ3) is 5.97. The second-order valence-electron chi connectivity index (χ2n) is 2.03. The quantitative estimate of drug-likeness (QED) is 0.447. The fraction of sp³-hybridized carbons (Fsp3) is 0.833. The molecule has 0 aromatic carbocycles. The highest BCUT2D eigenvalue weighted by Crippen LogP contribution is 1.86. The second kappa shape index (κ2) is 5.61. The van der Waals surface area contributed by atoms with Crippen molar-refractivity contribution in [1.29, 1.82) is 0 Å². The molecule has 0 rings (SSSR count). The summed E-state index contributed by atoms with van der Waals surface area (Å²) in [5.74, 6) is 0. The Hall–Kier alpha value is -0.160. The molecule has 0 saturated carbocycles. The molecule has 0 fully saturated rings. The van der Waals surface area contributed by atoms with Gasteiger partial charge in [-0.25, -0.2) is 0 Å². The van der Waals surface area contributed by atoms with Crippen molar-refractivity contribution < 1.29 is 20.1 Å². The van der Waals surface area contributed by atoms with Crippen LogP contribution in [0.15, 0.2) is 0 Å². The van der Waals surface area contributed by atoms with E-state index >= 15 is 0 Å². The summed E-state index contributed by atoms with van der Waals surface area (Å²) in [7, 11) is 0. The second-order valence-corrected chi connectivity index (χ2v) is 2.03. The lowest BCUT2D eigenvalue weighted by atomic mass is 10.4. The van der Waals surface area contributed by atoms with Gasteiger partial charge in [-0.2, -0.15) is 0 Å². The summed E-state index contributed by atoms with van der Waals surface area (Å²) < 4.78 is 4.73. The zero-order chi connectivity index (χ0) is 7.98. The van der Waals surface area contributed by atoms with Crippen LogP contribution in [0.2, 0.25) is 0 Å². The van der Waals surface area contributed by atoms with Gasteiger partial charge >= 0.3 is 0 Å². The Balaban J connectivity index is 3.03. The molecule has 0 aliphatic rings.